The van der Waals surface area contributed by atoms with Gasteiger partial charge in [0.2, 0.25) is 0 Å². The molecule has 5 rings (SSSR count). The van der Waals surface area contributed by atoms with Crippen LogP contribution in [0.1, 0.15) is 60.8 Å². The summed E-state index contributed by atoms with van der Waals surface area (Å²) in [6.07, 6.45) is 23.8. The van der Waals surface area contributed by atoms with Crippen molar-refractivity contribution in [2.75, 3.05) is 0 Å². The summed E-state index contributed by atoms with van der Waals surface area (Å²) in [5, 5.41) is 0. The first kappa shape index (κ1) is 14.3. The maximum absolute atomic E-state index is 2.48. The van der Waals surface area contributed by atoms with Gasteiger partial charge in [0.05, 0.1) is 0 Å². The lowest BCUT2D eigenvalue weighted by Gasteiger charge is -2.29. The molecule has 0 spiro atoms. The molecule has 0 heteroatoms. The van der Waals surface area contributed by atoms with Crippen molar-refractivity contribution >= 4 is 11.6 Å². The van der Waals surface area contributed by atoms with Gasteiger partial charge in [-0.15, -0.1) is 0 Å². The van der Waals surface area contributed by atoms with E-state index in [0.29, 0.717) is 0 Å². The fourth-order valence-corrected chi connectivity index (χ4v) is 4.87. The van der Waals surface area contributed by atoms with Crippen LogP contribution >= 0.6 is 0 Å². The van der Waals surface area contributed by atoms with Crippen LogP contribution < -0.4 is 0 Å². The average Bonchev–Trinajstić information content (AvgIpc) is 2.67. The van der Waals surface area contributed by atoms with Crippen LogP contribution in [0.5, 0.6) is 0 Å². The van der Waals surface area contributed by atoms with Gasteiger partial charge in [-0.05, 0) is 95.9 Å². The fourth-order valence-electron chi connectivity index (χ4n) is 4.87. The highest BCUT2D eigenvalue weighted by Gasteiger charge is 2.24. The Kier molecular flexibility index (Phi) is 3.43. The Morgan fingerprint density at radius 1 is 0.708 bits per heavy atom. The average molecular weight is 312 g/mol. The van der Waals surface area contributed by atoms with E-state index in [0.717, 1.165) is 0 Å². The second-order valence-corrected chi connectivity index (χ2v) is 7.43. The van der Waals surface area contributed by atoms with Gasteiger partial charge < -0.3 is 0 Å². The van der Waals surface area contributed by atoms with Crippen LogP contribution in [-0.2, 0) is 12.8 Å². The summed E-state index contributed by atoms with van der Waals surface area (Å²) < 4.78 is 0. The van der Waals surface area contributed by atoms with Crippen LogP contribution in [0.2, 0.25) is 0 Å². The molecule has 0 heterocycles. The van der Waals surface area contributed by atoms with Crippen LogP contribution in [0.3, 0.4) is 0 Å². The van der Waals surface area contributed by atoms with Gasteiger partial charge >= 0.3 is 0 Å². The van der Waals surface area contributed by atoms with Crippen LogP contribution in [0.25, 0.3) is 11.6 Å². The van der Waals surface area contributed by atoms with E-state index in [4.69, 9.17) is 0 Å². The Hall–Kier alpha value is -2.08. The number of hydrogen-bond donors (Lipinski definition) is 0. The first-order valence-corrected chi connectivity index (χ1v) is 9.50. The van der Waals surface area contributed by atoms with Crippen molar-refractivity contribution in [2.24, 2.45) is 0 Å². The van der Waals surface area contributed by atoms with E-state index in [2.05, 4.69) is 48.6 Å². The third-order valence-electron chi connectivity index (χ3n) is 6.10. The molecule has 24 heavy (non-hydrogen) atoms. The smallest absolute Gasteiger partial charge is 0.0186 e. The van der Waals surface area contributed by atoms with E-state index < -0.39 is 0 Å². The van der Waals surface area contributed by atoms with Crippen LogP contribution in [0.4, 0.5) is 0 Å². The summed E-state index contributed by atoms with van der Waals surface area (Å²) in [5.74, 6) is 0. The summed E-state index contributed by atoms with van der Waals surface area (Å²) in [6.45, 7) is 0. The van der Waals surface area contributed by atoms with Crippen molar-refractivity contribution in [3.8, 4) is 0 Å². The zero-order valence-electron chi connectivity index (χ0n) is 14.3. The number of hydrogen-bond acceptors (Lipinski definition) is 0. The topological polar surface area (TPSA) is 0 Å². The van der Waals surface area contributed by atoms with Crippen molar-refractivity contribution < 1.29 is 0 Å². The lowest BCUT2D eigenvalue weighted by Crippen LogP contribution is -2.13. The summed E-state index contributed by atoms with van der Waals surface area (Å²) in [7, 11) is 0. The van der Waals surface area contributed by atoms with E-state index in [-0.39, 0.29) is 0 Å². The number of rotatable bonds is 1. The molecule has 0 N–H and O–H groups in total. The fraction of sp³-hybridized carbons (Fsp3) is 0.333. The van der Waals surface area contributed by atoms with Crippen molar-refractivity contribution in [1.29, 1.82) is 0 Å². The van der Waals surface area contributed by atoms with Gasteiger partial charge in [-0.25, -0.2) is 0 Å². The molecule has 0 radical (unpaired) electrons. The Labute approximate surface area is 145 Å². The van der Waals surface area contributed by atoms with Crippen LogP contribution in [-0.4, -0.2) is 0 Å². The lowest BCUT2D eigenvalue weighted by atomic mass is 9.75. The predicted octanol–water partition coefficient (Wildman–Crippen LogP) is 6.34. The number of benzene rings is 1. The Balaban J connectivity index is 1.58. The maximum atomic E-state index is 2.48. The predicted molar refractivity (Wildman–Crippen MR) is 103 cm³/mol. The zero-order chi connectivity index (χ0) is 15.9. The molecule has 120 valence electrons. The standard InChI is InChI=1S/C24H24/c1-2-6-17(7-3-1)19-11-13-22-20(16-19)12-15-23-21-9-5-4-8-18(21)10-14-24(22)23/h1-2,4,6,8,12,15-16H,3,5,7,9-11,13-14H2. The summed E-state index contributed by atoms with van der Waals surface area (Å²) in [6, 6.07) is 4.80. The van der Waals surface area contributed by atoms with Gasteiger partial charge in [-0.2, -0.15) is 0 Å². The summed E-state index contributed by atoms with van der Waals surface area (Å²) in [4.78, 5) is 0. The monoisotopic (exact) mass is 312 g/mol. The number of allylic oxidation sites excluding steroid dienone is 9. The molecule has 4 aliphatic carbocycles. The van der Waals surface area contributed by atoms with Gasteiger partial charge in [-0.1, -0.05) is 48.6 Å². The van der Waals surface area contributed by atoms with Gasteiger partial charge in [0, 0.05) is 0 Å². The Morgan fingerprint density at radius 3 is 2.54 bits per heavy atom. The molecular weight excluding hydrogens is 288 g/mol. The quantitative estimate of drug-likeness (QED) is 0.567. The molecule has 1 aromatic carbocycles. The largest absolute Gasteiger partial charge is 0.0842 e. The molecule has 0 aliphatic heterocycles. The molecule has 0 fully saturated rings. The lowest BCUT2D eigenvalue weighted by molar-refractivity contribution is 0.839. The molecule has 1 aromatic rings. The van der Waals surface area contributed by atoms with E-state index >= 15 is 0 Å². The van der Waals surface area contributed by atoms with E-state index in [1.807, 2.05) is 0 Å². The van der Waals surface area contributed by atoms with Crippen molar-refractivity contribution in [3.05, 3.63) is 81.5 Å². The highest BCUT2D eigenvalue weighted by Crippen LogP contribution is 2.42. The second kappa shape index (κ2) is 5.77. The van der Waals surface area contributed by atoms with E-state index in [1.54, 1.807) is 39.0 Å². The number of fused-ring (bicyclic) bond motifs is 4. The third kappa shape index (κ3) is 2.28. The molecule has 0 amide bonds. The van der Waals surface area contributed by atoms with E-state index in [1.165, 1.54) is 56.9 Å². The molecule has 0 saturated heterocycles. The summed E-state index contributed by atoms with van der Waals surface area (Å²) >= 11 is 0. The Morgan fingerprint density at radius 2 is 1.62 bits per heavy atom. The molecule has 0 nitrogen and oxygen atoms in total. The van der Waals surface area contributed by atoms with Crippen LogP contribution in [0.15, 0.2) is 59.2 Å². The second-order valence-electron chi connectivity index (χ2n) is 7.43. The zero-order valence-corrected chi connectivity index (χ0v) is 14.3. The molecule has 0 bridgehead atoms. The van der Waals surface area contributed by atoms with Gasteiger partial charge in [0.1, 0.15) is 0 Å². The summed E-state index contributed by atoms with van der Waals surface area (Å²) in [5.41, 5.74) is 12.7. The Bertz CT molecular complexity index is 852. The van der Waals surface area contributed by atoms with Crippen molar-refractivity contribution in [2.45, 2.75) is 51.4 Å². The molecule has 4 aliphatic rings. The van der Waals surface area contributed by atoms with Crippen molar-refractivity contribution in [3.63, 3.8) is 0 Å². The maximum Gasteiger partial charge on any atom is -0.0186 e. The molecule has 0 atom stereocenters. The minimum atomic E-state index is 1.20. The van der Waals surface area contributed by atoms with Gasteiger partial charge in [-0.3, -0.25) is 0 Å². The third-order valence-corrected chi connectivity index (χ3v) is 6.10. The van der Waals surface area contributed by atoms with Crippen LogP contribution in [0, 0.1) is 0 Å². The first-order valence-electron chi connectivity index (χ1n) is 9.50. The van der Waals surface area contributed by atoms with Gasteiger partial charge in [0.25, 0.3) is 0 Å². The molecule has 0 aromatic heterocycles. The SMILES string of the molecule is C1=CCCC(C2=Cc3ccc4c(c3CC2)CCC2=C4CCC=C2)=C1. The van der Waals surface area contributed by atoms with E-state index in [9.17, 15) is 0 Å². The first-order chi connectivity index (χ1) is 11.9. The van der Waals surface area contributed by atoms with Gasteiger partial charge in [0.15, 0.2) is 0 Å². The highest BCUT2D eigenvalue weighted by atomic mass is 14.3. The van der Waals surface area contributed by atoms with Crippen molar-refractivity contribution in [1.82, 2.24) is 0 Å². The molecule has 0 saturated carbocycles. The molecule has 0 unspecified atom stereocenters. The normalized spacial score (nSPS) is 21.7. The molecular formula is C24H24. The highest BCUT2D eigenvalue weighted by molar-refractivity contribution is 5.79. The minimum absolute atomic E-state index is 1.20. The minimum Gasteiger partial charge on any atom is -0.0842 e.